The molecular weight excluding hydrogens is 174 g/mol. The molecule has 0 aliphatic rings. The van der Waals surface area contributed by atoms with Gasteiger partial charge in [-0.1, -0.05) is 17.7 Å². The molecule has 0 unspecified atom stereocenters. The molecule has 0 bridgehead atoms. The van der Waals surface area contributed by atoms with E-state index in [1.54, 1.807) is 0 Å². The van der Waals surface area contributed by atoms with Crippen LogP contribution in [0.5, 0.6) is 0 Å². The van der Waals surface area contributed by atoms with Crippen LogP contribution < -0.4 is 5.73 Å². The number of benzene rings is 1. The van der Waals surface area contributed by atoms with E-state index in [1.165, 1.54) is 5.56 Å². The molecule has 3 N–H and O–H groups in total. The summed E-state index contributed by atoms with van der Waals surface area (Å²) < 4.78 is 0. The first-order valence-corrected chi connectivity index (χ1v) is 4.88. The van der Waals surface area contributed by atoms with Crippen molar-refractivity contribution >= 4 is 5.78 Å². The molecule has 0 saturated carbocycles. The Labute approximate surface area is 85.1 Å². The summed E-state index contributed by atoms with van der Waals surface area (Å²) in [6.07, 6.45) is 0. The summed E-state index contributed by atoms with van der Waals surface area (Å²) in [5.74, 6) is 0.139. The highest BCUT2D eigenvalue weighted by molar-refractivity contribution is 6.01. The Kier molecular flexibility index (Phi) is 3.06. The van der Waals surface area contributed by atoms with E-state index >= 15 is 0 Å². The Morgan fingerprint density at radius 3 is 2.00 bits per heavy atom. The third-order valence-electron chi connectivity index (χ3n) is 2.37. The first-order valence-electron chi connectivity index (χ1n) is 4.88. The second-order valence-electron chi connectivity index (χ2n) is 4.04. The van der Waals surface area contributed by atoms with Crippen molar-refractivity contribution in [2.45, 2.75) is 33.7 Å². The third kappa shape index (κ3) is 2.02. The number of aryl methyl sites for hydroxylation is 3. The summed E-state index contributed by atoms with van der Waals surface area (Å²) in [5, 5.41) is 0. The molecule has 1 rings (SSSR count). The molecule has 0 saturated heterocycles. The second kappa shape index (κ2) is 3.93. The molecule has 0 spiro atoms. The molecule has 14 heavy (non-hydrogen) atoms. The van der Waals surface area contributed by atoms with Gasteiger partial charge in [-0.25, -0.2) is 0 Å². The van der Waals surface area contributed by atoms with E-state index in [2.05, 4.69) is 5.73 Å². The number of carbonyl (C=O) groups excluding carboxylic acids is 1. The zero-order valence-electron chi connectivity index (χ0n) is 9.35. The van der Waals surface area contributed by atoms with Crippen LogP contribution in [0.1, 0.15) is 34.0 Å². The molecule has 0 heterocycles. The van der Waals surface area contributed by atoms with Gasteiger partial charge in [0, 0.05) is 5.56 Å². The molecule has 2 nitrogen and oxygen atoms in total. The Morgan fingerprint density at radius 1 is 1.21 bits per heavy atom. The van der Waals surface area contributed by atoms with Crippen LogP contribution in [0.4, 0.5) is 0 Å². The summed E-state index contributed by atoms with van der Waals surface area (Å²) in [4.78, 5) is 11.8. The molecule has 0 fully saturated rings. The second-order valence-corrected chi connectivity index (χ2v) is 4.04. The molecule has 0 aliphatic carbocycles. The summed E-state index contributed by atoms with van der Waals surface area (Å²) >= 11 is 0. The standard InChI is InChI=1S/C12H17NO/c1-7-5-8(2)11(9(3)6-7)12(14)10(4)13/h5-6,10H,13H2,1-4H3/p+1/t10-/m1/s1. The Bertz CT molecular complexity index is 344. The van der Waals surface area contributed by atoms with E-state index in [-0.39, 0.29) is 11.8 Å². The Balaban J connectivity index is 3.28. The maximum Gasteiger partial charge on any atom is 0.220 e. The molecule has 2 heteroatoms. The Morgan fingerprint density at radius 2 is 1.64 bits per heavy atom. The number of hydrogen-bond acceptors (Lipinski definition) is 1. The van der Waals surface area contributed by atoms with Crippen molar-refractivity contribution < 1.29 is 10.5 Å². The molecule has 1 aromatic rings. The highest BCUT2D eigenvalue weighted by atomic mass is 16.1. The fourth-order valence-corrected chi connectivity index (χ4v) is 1.82. The molecule has 0 radical (unpaired) electrons. The van der Waals surface area contributed by atoms with Crippen LogP contribution in [0.3, 0.4) is 0 Å². The SMILES string of the molecule is Cc1cc(C)c(C(=O)[C@@H](C)[NH3+])c(C)c1. The maximum absolute atomic E-state index is 11.8. The number of carbonyl (C=O) groups is 1. The zero-order chi connectivity index (χ0) is 10.9. The van der Waals surface area contributed by atoms with Gasteiger partial charge >= 0.3 is 0 Å². The van der Waals surface area contributed by atoms with Gasteiger partial charge in [0.1, 0.15) is 6.04 Å². The maximum atomic E-state index is 11.8. The van der Waals surface area contributed by atoms with Crippen molar-refractivity contribution in [3.05, 3.63) is 34.4 Å². The lowest BCUT2D eigenvalue weighted by Crippen LogP contribution is -2.63. The topological polar surface area (TPSA) is 44.7 Å². The number of Topliss-reactive ketones (excluding diaryl/α,β-unsaturated/α-hetero) is 1. The molecule has 1 aromatic carbocycles. The average molecular weight is 192 g/mol. The van der Waals surface area contributed by atoms with E-state index in [9.17, 15) is 4.79 Å². The van der Waals surface area contributed by atoms with E-state index in [4.69, 9.17) is 0 Å². The minimum atomic E-state index is -0.171. The van der Waals surface area contributed by atoms with Crippen LogP contribution in [0, 0.1) is 20.8 Å². The molecular formula is C12H18NO+. The van der Waals surface area contributed by atoms with Gasteiger partial charge in [-0.05, 0) is 38.8 Å². The van der Waals surface area contributed by atoms with Gasteiger partial charge in [-0.15, -0.1) is 0 Å². The van der Waals surface area contributed by atoms with Crippen molar-refractivity contribution in [3.8, 4) is 0 Å². The van der Waals surface area contributed by atoms with Gasteiger partial charge in [-0.2, -0.15) is 0 Å². The zero-order valence-corrected chi connectivity index (χ0v) is 9.35. The summed E-state index contributed by atoms with van der Waals surface area (Å²) in [6, 6.07) is 3.92. The molecule has 0 aliphatic heterocycles. The van der Waals surface area contributed by atoms with Gasteiger partial charge in [0.2, 0.25) is 5.78 Å². The first-order chi connectivity index (χ1) is 6.43. The predicted molar refractivity (Wildman–Crippen MR) is 57.3 cm³/mol. The fraction of sp³-hybridized carbons (Fsp3) is 0.417. The summed E-state index contributed by atoms with van der Waals surface area (Å²) in [5.41, 5.74) is 7.93. The highest BCUT2D eigenvalue weighted by Crippen LogP contribution is 2.17. The van der Waals surface area contributed by atoms with Gasteiger partial charge < -0.3 is 5.73 Å². The Hall–Kier alpha value is -1.15. The largest absolute Gasteiger partial charge is 0.349 e. The summed E-state index contributed by atoms with van der Waals surface area (Å²) in [6.45, 7) is 7.84. The molecule has 1 atom stereocenters. The van der Waals surface area contributed by atoms with E-state index in [0.29, 0.717) is 0 Å². The van der Waals surface area contributed by atoms with Gasteiger partial charge in [0.05, 0.1) is 0 Å². The molecule has 76 valence electrons. The number of rotatable bonds is 2. The minimum Gasteiger partial charge on any atom is -0.349 e. The van der Waals surface area contributed by atoms with Crippen LogP contribution >= 0.6 is 0 Å². The smallest absolute Gasteiger partial charge is 0.220 e. The van der Waals surface area contributed by atoms with E-state index in [0.717, 1.165) is 16.7 Å². The van der Waals surface area contributed by atoms with Crippen molar-refractivity contribution in [2.75, 3.05) is 0 Å². The average Bonchev–Trinajstić information content (AvgIpc) is 2.01. The lowest BCUT2D eigenvalue weighted by atomic mass is 9.94. The monoisotopic (exact) mass is 192 g/mol. The molecule has 0 aromatic heterocycles. The quantitative estimate of drug-likeness (QED) is 0.708. The number of quaternary nitrogens is 1. The number of hydrogen-bond donors (Lipinski definition) is 1. The van der Waals surface area contributed by atoms with Crippen molar-refractivity contribution in [1.82, 2.24) is 0 Å². The summed E-state index contributed by atoms with van der Waals surface area (Å²) in [7, 11) is 0. The normalized spacial score (nSPS) is 12.6. The number of ketones is 1. The third-order valence-corrected chi connectivity index (χ3v) is 2.37. The van der Waals surface area contributed by atoms with Gasteiger partial charge in [0.25, 0.3) is 0 Å². The minimum absolute atomic E-state index is 0.139. The lowest BCUT2D eigenvalue weighted by molar-refractivity contribution is -0.393. The van der Waals surface area contributed by atoms with Crippen LogP contribution in [-0.4, -0.2) is 11.8 Å². The van der Waals surface area contributed by atoms with Gasteiger partial charge in [-0.3, -0.25) is 4.79 Å². The highest BCUT2D eigenvalue weighted by Gasteiger charge is 2.18. The van der Waals surface area contributed by atoms with E-state index < -0.39 is 0 Å². The van der Waals surface area contributed by atoms with Crippen LogP contribution in [-0.2, 0) is 0 Å². The van der Waals surface area contributed by atoms with Gasteiger partial charge in [0.15, 0.2) is 0 Å². The van der Waals surface area contributed by atoms with Crippen LogP contribution in [0.15, 0.2) is 12.1 Å². The fourth-order valence-electron chi connectivity index (χ4n) is 1.82. The molecule has 0 amide bonds. The first kappa shape index (κ1) is 10.9. The van der Waals surface area contributed by atoms with Crippen molar-refractivity contribution in [3.63, 3.8) is 0 Å². The van der Waals surface area contributed by atoms with Crippen LogP contribution in [0.2, 0.25) is 0 Å². The predicted octanol–water partition coefficient (Wildman–Crippen LogP) is 1.42. The van der Waals surface area contributed by atoms with Crippen LogP contribution in [0.25, 0.3) is 0 Å². The van der Waals surface area contributed by atoms with Crippen molar-refractivity contribution in [2.24, 2.45) is 0 Å². The lowest BCUT2D eigenvalue weighted by Gasteiger charge is -2.10. The van der Waals surface area contributed by atoms with Crippen molar-refractivity contribution in [1.29, 1.82) is 0 Å². The van der Waals surface area contributed by atoms with E-state index in [1.807, 2.05) is 39.8 Å².